The van der Waals surface area contributed by atoms with Crippen molar-refractivity contribution >= 4 is 11.9 Å². The van der Waals surface area contributed by atoms with Crippen molar-refractivity contribution < 1.29 is 44.0 Å². The van der Waals surface area contributed by atoms with Gasteiger partial charge in [-0.1, -0.05) is 19.8 Å². The molecule has 0 heterocycles. The fourth-order valence-electron chi connectivity index (χ4n) is 0.732. The van der Waals surface area contributed by atoms with Gasteiger partial charge in [-0.2, -0.15) is 13.2 Å². The quantitative estimate of drug-likeness (QED) is 0.340. The molecule has 0 aromatic rings. The fourth-order valence-corrected chi connectivity index (χ4v) is 0.732. The molecule has 0 saturated carbocycles. The van der Waals surface area contributed by atoms with E-state index in [0.717, 1.165) is 12.8 Å². The molecule has 15 heavy (non-hydrogen) atoms. The predicted molar refractivity (Wildman–Crippen MR) is 41.3 cm³/mol. The second-order valence-corrected chi connectivity index (χ2v) is 2.72. The van der Waals surface area contributed by atoms with E-state index in [2.05, 4.69) is 4.74 Å². The summed E-state index contributed by atoms with van der Waals surface area (Å²) in [4.78, 5) is 20.8. The van der Waals surface area contributed by atoms with Crippen LogP contribution in [0.1, 0.15) is 32.6 Å². The van der Waals surface area contributed by atoms with Gasteiger partial charge in [-0.25, -0.2) is 4.79 Å². The molecular formula is C8H11F3NiO3. The smallest absolute Gasteiger partial charge is 0.386 e. The molecule has 0 aromatic heterocycles. The maximum Gasteiger partial charge on any atom is 0.491 e. The minimum Gasteiger partial charge on any atom is -0.386 e. The molecule has 0 unspecified atom stereocenters. The minimum absolute atomic E-state index is 0. The fraction of sp³-hybridized carbons (Fsp3) is 0.750. The molecule has 3 nitrogen and oxygen atoms in total. The molecule has 92 valence electrons. The summed E-state index contributed by atoms with van der Waals surface area (Å²) in [6.45, 7) is 1.88. The minimum atomic E-state index is -5.10. The summed E-state index contributed by atoms with van der Waals surface area (Å²) in [5.41, 5.74) is 0. The molecule has 0 radical (unpaired) electrons. The molecule has 0 amide bonds. The van der Waals surface area contributed by atoms with Gasteiger partial charge in [0.1, 0.15) is 0 Å². The molecule has 0 fully saturated rings. The van der Waals surface area contributed by atoms with Crippen molar-refractivity contribution in [3.05, 3.63) is 0 Å². The molecule has 0 rings (SSSR count). The Bertz CT molecular complexity index is 216. The monoisotopic (exact) mass is 270 g/mol. The first-order valence-electron chi connectivity index (χ1n) is 4.19. The van der Waals surface area contributed by atoms with Gasteiger partial charge in [-0.15, -0.1) is 0 Å². The maximum atomic E-state index is 11.6. The Morgan fingerprint density at radius 1 is 1.20 bits per heavy atom. The maximum absolute atomic E-state index is 11.6. The number of alkyl halides is 3. The molecule has 7 heteroatoms. The van der Waals surface area contributed by atoms with Gasteiger partial charge in [-0.3, -0.25) is 4.79 Å². The van der Waals surface area contributed by atoms with E-state index in [1.807, 2.05) is 6.92 Å². The number of carbonyl (C=O) groups excluding carboxylic acids is 2. The number of carbonyl (C=O) groups is 2. The van der Waals surface area contributed by atoms with Crippen LogP contribution in [0.25, 0.3) is 0 Å². The summed E-state index contributed by atoms with van der Waals surface area (Å²) in [5, 5.41) is 0. The Balaban J connectivity index is 0. The van der Waals surface area contributed by atoms with Crippen LogP contribution in [0.5, 0.6) is 0 Å². The van der Waals surface area contributed by atoms with Gasteiger partial charge in [0.15, 0.2) is 0 Å². The van der Waals surface area contributed by atoms with Gasteiger partial charge < -0.3 is 4.74 Å². The van der Waals surface area contributed by atoms with Crippen LogP contribution in [0.15, 0.2) is 0 Å². The van der Waals surface area contributed by atoms with E-state index in [1.54, 1.807) is 0 Å². The van der Waals surface area contributed by atoms with E-state index in [9.17, 15) is 22.8 Å². The molecule has 0 aliphatic carbocycles. The second-order valence-electron chi connectivity index (χ2n) is 2.72. The number of unbranched alkanes of at least 4 members (excludes halogenated alkanes) is 2. The van der Waals surface area contributed by atoms with Crippen LogP contribution >= 0.6 is 0 Å². The summed E-state index contributed by atoms with van der Waals surface area (Å²) >= 11 is 0. The predicted octanol–water partition coefficient (Wildman–Crippen LogP) is 2.20. The number of rotatable bonds is 4. The van der Waals surface area contributed by atoms with Crippen molar-refractivity contribution in [2.24, 2.45) is 0 Å². The normalized spacial score (nSPS) is 10.4. The third kappa shape index (κ3) is 8.42. The molecule has 0 N–H and O–H groups in total. The van der Waals surface area contributed by atoms with Crippen LogP contribution in [0.3, 0.4) is 0 Å². The van der Waals surface area contributed by atoms with E-state index < -0.39 is 18.1 Å². The van der Waals surface area contributed by atoms with E-state index >= 15 is 0 Å². The number of esters is 2. The zero-order chi connectivity index (χ0) is 11.2. The molecule has 0 aliphatic heterocycles. The van der Waals surface area contributed by atoms with Gasteiger partial charge in [0.25, 0.3) is 0 Å². The van der Waals surface area contributed by atoms with Crippen LogP contribution in [0.4, 0.5) is 13.2 Å². The van der Waals surface area contributed by atoms with Crippen molar-refractivity contribution in [3.8, 4) is 0 Å². The standard InChI is InChI=1S/C8H11F3O3.Ni/c1-2-3-4-5-6(12)14-7(13)8(9,10)11;/h2-5H2,1H3;. The largest absolute Gasteiger partial charge is 0.491 e. The van der Waals surface area contributed by atoms with Crippen LogP contribution in [0, 0.1) is 0 Å². The van der Waals surface area contributed by atoms with Gasteiger partial charge in [0, 0.05) is 22.9 Å². The number of ether oxygens (including phenoxy) is 1. The first-order chi connectivity index (χ1) is 6.38. The Labute approximate surface area is 95.3 Å². The van der Waals surface area contributed by atoms with E-state index in [0.29, 0.717) is 6.42 Å². The Morgan fingerprint density at radius 3 is 2.13 bits per heavy atom. The van der Waals surface area contributed by atoms with Crippen molar-refractivity contribution in [2.75, 3.05) is 0 Å². The van der Waals surface area contributed by atoms with Crippen molar-refractivity contribution in [1.29, 1.82) is 0 Å². The molecule has 0 saturated heterocycles. The Hall–Kier alpha value is -0.576. The molecule has 0 aliphatic rings. The van der Waals surface area contributed by atoms with Crippen molar-refractivity contribution in [3.63, 3.8) is 0 Å². The SMILES string of the molecule is CCCCCC(=O)OC(=O)C(F)(F)F.[Ni]. The summed E-state index contributed by atoms with van der Waals surface area (Å²) < 4.78 is 38.3. The van der Waals surface area contributed by atoms with E-state index in [4.69, 9.17) is 0 Å². The summed E-state index contributed by atoms with van der Waals surface area (Å²) in [7, 11) is 0. The van der Waals surface area contributed by atoms with Crippen LogP contribution in [-0.2, 0) is 30.8 Å². The molecule has 0 bridgehead atoms. The average Bonchev–Trinajstić information content (AvgIpc) is 2.03. The van der Waals surface area contributed by atoms with Crippen molar-refractivity contribution in [2.45, 2.75) is 38.8 Å². The van der Waals surface area contributed by atoms with Crippen LogP contribution < -0.4 is 0 Å². The van der Waals surface area contributed by atoms with Crippen LogP contribution in [0.2, 0.25) is 0 Å². The van der Waals surface area contributed by atoms with Crippen molar-refractivity contribution in [1.82, 2.24) is 0 Å². The first kappa shape index (κ1) is 16.8. The first-order valence-corrected chi connectivity index (χ1v) is 4.19. The van der Waals surface area contributed by atoms with Gasteiger partial charge >= 0.3 is 18.1 Å². The second kappa shape index (κ2) is 7.68. The Morgan fingerprint density at radius 2 is 1.73 bits per heavy atom. The van der Waals surface area contributed by atoms with Crippen LogP contribution in [-0.4, -0.2) is 18.1 Å². The number of hydrogen-bond donors (Lipinski definition) is 0. The molecule has 0 aromatic carbocycles. The molecular weight excluding hydrogens is 260 g/mol. The zero-order valence-corrected chi connectivity index (χ0v) is 8.99. The topological polar surface area (TPSA) is 43.4 Å². The number of halogens is 3. The third-order valence-electron chi connectivity index (χ3n) is 1.42. The van der Waals surface area contributed by atoms with E-state index in [-0.39, 0.29) is 22.9 Å². The molecule has 0 atom stereocenters. The zero-order valence-electron chi connectivity index (χ0n) is 8.00. The third-order valence-corrected chi connectivity index (χ3v) is 1.42. The Kier molecular flexibility index (Phi) is 8.62. The average molecular weight is 271 g/mol. The summed E-state index contributed by atoms with van der Waals surface area (Å²) in [6, 6.07) is 0. The van der Waals surface area contributed by atoms with Gasteiger partial charge in [0.2, 0.25) is 0 Å². The van der Waals surface area contributed by atoms with Gasteiger partial charge in [-0.05, 0) is 6.42 Å². The number of hydrogen-bond acceptors (Lipinski definition) is 3. The van der Waals surface area contributed by atoms with Gasteiger partial charge in [0.05, 0.1) is 0 Å². The molecule has 0 spiro atoms. The summed E-state index contributed by atoms with van der Waals surface area (Å²) in [5.74, 6) is -3.57. The summed E-state index contributed by atoms with van der Waals surface area (Å²) in [6.07, 6.45) is -3.27. The van der Waals surface area contributed by atoms with E-state index in [1.165, 1.54) is 0 Å².